The Labute approximate surface area is 289 Å². The van der Waals surface area contributed by atoms with E-state index in [0.29, 0.717) is 12.2 Å². The first kappa shape index (κ1) is 34.5. The van der Waals surface area contributed by atoms with Gasteiger partial charge in [0.15, 0.2) is 0 Å². The van der Waals surface area contributed by atoms with E-state index in [1.54, 1.807) is 0 Å². The first-order chi connectivity index (χ1) is 23.7. The van der Waals surface area contributed by atoms with Crippen LogP contribution < -0.4 is 11.1 Å². The highest BCUT2D eigenvalue weighted by atomic mass is 15.4. The number of likely N-dealkylation sites (tertiary alicyclic amines) is 1. The summed E-state index contributed by atoms with van der Waals surface area (Å²) >= 11 is 0. The second-order valence-corrected chi connectivity index (χ2v) is 13.9. The molecule has 6 heteroatoms. The number of rotatable bonds is 16. The first-order valence-electron chi connectivity index (χ1n) is 18.3. The minimum Gasteiger partial charge on any atom is -0.328 e. The van der Waals surface area contributed by atoms with Gasteiger partial charge in [-0.1, -0.05) is 121 Å². The lowest BCUT2D eigenvalue weighted by atomic mass is 9.97. The van der Waals surface area contributed by atoms with E-state index >= 15 is 0 Å². The Bertz CT molecular complexity index is 1350. The minimum atomic E-state index is 0.255. The van der Waals surface area contributed by atoms with Crippen LogP contribution in [0.1, 0.15) is 47.9 Å². The SMILES string of the molecule is NC1CCN(CCN(Cc2ccccc2)Cc2ccccc2)C(N(CCN(Cc2ccccc2)Cc2ccccc2)C2CCNCC2)C1. The Morgan fingerprint density at radius 3 is 1.46 bits per heavy atom. The smallest absolute Gasteiger partial charge is 0.0640 e. The fourth-order valence-electron chi connectivity index (χ4n) is 7.66. The Morgan fingerprint density at radius 1 is 0.562 bits per heavy atom. The van der Waals surface area contributed by atoms with Gasteiger partial charge in [0.25, 0.3) is 0 Å². The summed E-state index contributed by atoms with van der Waals surface area (Å²) in [6, 6.07) is 44.7. The van der Waals surface area contributed by atoms with Gasteiger partial charge in [-0.2, -0.15) is 0 Å². The van der Waals surface area contributed by atoms with Crippen LogP contribution in [0.4, 0.5) is 0 Å². The summed E-state index contributed by atoms with van der Waals surface area (Å²) in [4.78, 5) is 10.9. The molecule has 48 heavy (non-hydrogen) atoms. The van der Waals surface area contributed by atoms with Crippen molar-refractivity contribution in [3.8, 4) is 0 Å². The molecule has 0 radical (unpaired) electrons. The van der Waals surface area contributed by atoms with Crippen molar-refractivity contribution in [2.75, 3.05) is 45.8 Å². The lowest BCUT2D eigenvalue weighted by Crippen LogP contribution is -2.61. The molecule has 0 amide bonds. The third-order valence-electron chi connectivity index (χ3n) is 10.3. The van der Waals surface area contributed by atoms with Crippen molar-refractivity contribution in [1.29, 1.82) is 0 Å². The van der Waals surface area contributed by atoms with Gasteiger partial charge in [-0.3, -0.25) is 19.6 Å². The Hall–Kier alpha value is -3.36. The largest absolute Gasteiger partial charge is 0.328 e. The average Bonchev–Trinajstić information content (AvgIpc) is 3.13. The van der Waals surface area contributed by atoms with Crippen LogP contribution in [0.25, 0.3) is 0 Å². The molecular formula is C42H56N6. The van der Waals surface area contributed by atoms with Crippen LogP contribution >= 0.6 is 0 Å². The van der Waals surface area contributed by atoms with E-state index in [1.165, 1.54) is 35.1 Å². The summed E-state index contributed by atoms with van der Waals surface area (Å²) in [6.07, 6.45) is 4.87. The molecule has 4 aromatic rings. The zero-order chi connectivity index (χ0) is 32.8. The van der Waals surface area contributed by atoms with Gasteiger partial charge in [0.2, 0.25) is 0 Å². The van der Waals surface area contributed by atoms with Crippen LogP contribution in [0.5, 0.6) is 0 Å². The van der Waals surface area contributed by atoms with Gasteiger partial charge in [0.05, 0.1) is 6.17 Å². The molecule has 3 N–H and O–H groups in total. The number of benzene rings is 4. The maximum absolute atomic E-state index is 6.79. The van der Waals surface area contributed by atoms with E-state index in [2.05, 4.69) is 146 Å². The second-order valence-electron chi connectivity index (χ2n) is 13.9. The molecular weight excluding hydrogens is 589 g/mol. The molecule has 2 saturated heterocycles. The van der Waals surface area contributed by atoms with Crippen LogP contribution in [0, 0.1) is 0 Å². The molecule has 0 aliphatic carbocycles. The van der Waals surface area contributed by atoms with Gasteiger partial charge in [0, 0.05) is 71.0 Å². The molecule has 2 aliphatic heterocycles. The fourth-order valence-corrected chi connectivity index (χ4v) is 7.66. The van der Waals surface area contributed by atoms with Crippen molar-refractivity contribution in [1.82, 2.24) is 24.9 Å². The van der Waals surface area contributed by atoms with Crippen molar-refractivity contribution in [3.05, 3.63) is 144 Å². The van der Waals surface area contributed by atoms with E-state index in [4.69, 9.17) is 5.73 Å². The molecule has 254 valence electrons. The first-order valence-corrected chi connectivity index (χ1v) is 18.3. The summed E-state index contributed by atoms with van der Waals surface area (Å²) in [6.45, 7) is 11.3. The molecule has 2 aliphatic rings. The summed E-state index contributed by atoms with van der Waals surface area (Å²) in [5.41, 5.74) is 12.3. The molecule has 4 aromatic carbocycles. The van der Waals surface area contributed by atoms with Gasteiger partial charge in [-0.05, 0) is 61.0 Å². The highest BCUT2D eigenvalue weighted by Gasteiger charge is 2.35. The van der Waals surface area contributed by atoms with E-state index in [0.717, 1.165) is 84.8 Å². The topological polar surface area (TPSA) is 51.0 Å². The Kier molecular flexibility index (Phi) is 13.2. The van der Waals surface area contributed by atoms with Crippen molar-refractivity contribution >= 4 is 0 Å². The number of nitrogens with two attached hydrogens (primary N) is 1. The number of nitrogens with one attached hydrogen (secondary N) is 1. The van der Waals surface area contributed by atoms with Gasteiger partial charge in [-0.15, -0.1) is 0 Å². The highest BCUT2D eigenvalue weighted by molar-refractivity contribution is 5.18. The quantitative estimate of drug-likeness (QED) is 0.152. The van der Waals surface area contributed by atoms with Crippen LogP contribution in [0.15, 0.2) is 121 Å². The zero-order valence-corrected chi connectivity index (χ0v) is 28.8. The van der Waals surface area contributed by atoms with Crippen LogP contribution in [-0.2, 0) is 26.2 Å². The van der Waals surface area contributed by atoms with E-state index in [-0.39, 0.29) is 6.04 Å². The number of hydrogen-bond donors (Lipinski definition) is 2. The molecule has 6 rings (SSSR count). The van der Waals surface area contributed by atoms with Crippen molar-refractivity contribution < 1.29 is 0 Å². The summed E-state index contributed by atoms with van der Waals surface area (Å²) < 4.78 is 0. The minimum absolute atomic E-state index is 0.255. The standard InChI is InChI=1S/C42H56N6/c43-40-23-26-47(29-27-45(32-36-13-5-1-6-14-36)33-37-15-7-2-8-16-37)42(31-40)48(41-21-24-44-25-22-41)30-28-46(34-38-17-9-3-10-18-38)35-39-19-11-4-12-20-39/h1-20,40-42,44H,21-35,43H2. The molecule has 2 unspecified atom stereocenters. The van der Waals surface area contributed by atoms with Crippen molar-refractivity contribution in [2.24, 2.45) is 5.73 Å². The number of hydrogen-bond acceptors (Lipinski definition) is 6. The maximum atomic E-state index is 6.79. The van der Waals surface area contributed by atoms with Crippen molar-refractivity contribution in [2.45, 2.75) is 70.1 Å². The highest BCUT2D eigenvalue weighted by Crippen LogP contribution is 2.26. The van der Waals surface area contributed by atoms with E-state index in [9.17, 15) is 0 Å². The summed E-state index contributed by atoms with van der Waals surface area (Å²) in [7, 11) is 0. The maximum Gasteiger partial charge on any atom is 0.0640 e. The van der Waals surface area contributed by atoms with Gasteiger partial charge in [-0.25, -0.2) is 0 Å². The number of piperidine rings is 2. The van der Waals surface area contributed by atoms with Crippen molar-refractivity contribution in [3.63, 3.8) is 0 Å². The molecule has 0 saturated carbocycles. The van der Waals surface area contributed by atoms with E-state index < -0.39 is 0 Å². The van der Waals surface area contributed by atoms with Gasteiger partial charge < -0.3 is 11.1 Å². The molecule has 2 heterocycles. The summed E-state index contributed by atoms with van der Waals surface area (Å²) in [5, 5.41) is 3.63. The zero-order valence-electron chi connectivity index (χ0n) is 28.8. The molecule has 0 bridgehead atoms. The molecule has 0 spiro atoms. The monoisotopic (exact) mass is 644 g/mol. The third kappa shape index (κ3) is 10.6. The van der Waals surface area contributed by atoms with E-state index in [1.807, 2.05) is 0 Å². The number of nitrogens with zero attached hydrogens (tertiary/aromatic N) is 4. The fraction of sp³-hybridized carbons (Fsp3) is 0.429. The molecule has 6 nitrogen and oxygen atoms in total. The second kappa shape index (κ2) is 18.4. The lowest BCUT2D eigenvalue weighted by Gasteiger charge is -2.49. The lowest BCUT2D eigenvalue weighted by molar-refractivity contribution is -0.0341. The predicted octanol–water partition coefficient (Wildman–Crippen LogP) is 6.19. The summed E-state index contributed by atoms with van der Waals surface area (Å²) in [5.74, 6) is 0. The molecule has 0 aromatic heterocycles. The van der Waals surface area contributed by atoms with Gasteiger partial charge in [0.1, 0.15) is 0 Å². The average molecular weight is 645 g/mol. The molecule has 2 fully saturated rings. The third-order valence-corrected chi connectivity index (χ3v) is 10.3. The van der Waals surface area contributed by atoms with Crippen LogP contribution in [0.2, 0.25) is 0 Å². The van der Waals surface area contributed by atoms with Gasteiger partial charge >= 0.3 is 0 Å². The molecule has 2 atom stereocenters. The Morgan fingerprint density at radius 2 is 1.00 bits per heavy atom. The predicted molar refractivity (Wildman–Crippen MR) is 199 cm³/mol. The normalized spacial score (nSPS) is 19.3. The van der Waals surface area contributed by atoms with Crippen LogP contribution in [0.3, 0.4) is 0 Å². The van der Waals surface area contributed by atoms with Crippen LogP contribution in [-0.4, -0.2) is 83.7 Å². The Balaban J connectivity index is 1.19.